The van der Waals surface area contributed by atoms with Crippen molar-refractivity contribution >= 4 is 11.6 Å². The highest BCUT2D eigenvalue weighted by Crippen LogP contribution is 2.29. The first-order chi connectivity index (χ1) is 9.92. The summed E-state index contributed by atoms with van der Waals surface area (Å²) >= 11 is 0. The van der Waals surface area contributed by atoms with Crippen molar-refractivity contribution in [2.24, 2.45) is 0 Å². The third-order valence-corrected chi connectivity index (χ3v) is 2.71. The molecule has 8 heteroatoms. The predicted molar refractivity (Wildman–Crippen MR) is 75.4 cm³/mol. The van der Waals surface area contributed by atoms with Crippen LogP contribution < -0.4 is 10.2 Å². The van der Waals surface area contributed by atoms with Gasteiger partial charge in [-0.15, -0.1) is 0 Å². The van der Waals surface area contributed by atoms with Gasteiger partial charge in [0.15, 0.2) is 0 Å². The Morgan fingerprint density at radius 1 is 1.19 bits per heavy atom. The highest BCUT2D eigenvalue weighted by molar-refractivity contribution is 5.49. The molecule has 120 valence electrons. The Bertz CT molecular complexity index is 434. The van der Waals surface area contributed by atoms with Crippen LogP contribution in [0.3, 0.4) is 0 Å². The van der Waals surface area contributed by atoms with Crippen LogP contribution in [0.1, 0.15) is 32.5 Å². The maximum Gasteiger partial charge on any atom is 0.451 e. The minimum absolute atomic E-state index is 0.146. The van der Waals surface area contributed by atoms with Crippen molar-refractivity contribution in [3.63, 3.8) is 0 Å². The molecule has 0 aromatic carbocycles. The van der Waals surface area contributed by atoms with E-state index in [0.717, 1.165) is 12.8 Å². The zero-order valence-corrected chi connectivity index (χ0v) is 12.2. The van der Waals surface area contributed by atoms with Crippen molar-refractivity contribution in [2.45, 2.75) is 32.9 Å². The molecule has 2 N–H and O–H groups in total. The van der Waals surface area contributed by atoms with Crippen LogP contribution in [0.2, 0.25) is 0 Å². The van der Waals surface area contributed by atoms with Crippen molar-refractivity contribution in [1.29, 1.82) is 0 Å². The van der Waals surface area contributed by atoms with Gasteiger partial charge in [0.1, 0.15) is 11.6 Å². The van der Waals surface area contributed by atoms with E-state index in [1.165, 1.54) is 6.07 Å². The molecule has 0 unspecified atom stereocenters. The quantitative estimate of drug-likeness (QED) is 0.773. The van der Waals surface area contributed by atoms with Gasteiger partial charge in [-0.1, -0.05) is 13.8 Å². The summed E-state index contributed by atoms with van der Waals surface area (Å²) in [5.74, 6) is -0.849. The maximum atomic E-state index is 12.9. The molecule has 1 rings (SSSR count). The maximum absolute atomic E-state index is 12.9. The van der Waals surface area contributed by atoms with Gasteiger partial charge in [-0.05, 0) is 12.8 Å². The second-order valence-electron chi connectivity index (χ2n) is 4.57. The number of alkyl halides is 3. The average molecular weight is 306 g/mol. The molecule has 1 aromatic heterocycles. The SMILES string of the molecule is CCCNc1cc(N(CCC)CCO)nc(C(F)(F)F)n1. The summed E-state index contributed by atoms with van der Waals surface area (Å²) in [4.78, 5) is 8.72. The number of halogens is 3. The lowest BCUT2D eigenvalue weighted by Gasteiger charge is -2.23. The lowest BCUT2D eigenvalue weighted by atomic mass is 10.3. The van der Waals surface area contributed by atoms with Gasteiger partial charge < -0.3 is 15.3 Å². The van der Waals surface area contributed by atoms with Gasteiger partial charge in [-0.3, -0.25) is 0 Å². The van der Waals surface area contributed by atoms with E-state index in [2.05, 4.69) is 15.3 Å². The Hall–Kier alpha value is -1.57. The number of rotatable bonds is 8. The monoisotopic (exact) mass is 306 g/mol. The molecular formula is C13H21F3N4O. The standard InChI is InChI=1S/C13H21F3N4O/c1-3-5-17-10-9-11(20(6-4-2)7-8-21)19-12(18-10)13(14,15)16/h9,21H,3-8H2,1-2H3,(H,17,18,19). The summed E-state index contributed by atoms with van der Waals surface area (Å²) in [6, 6.07) is 1.48. The molecule has 0 atom stereocenters. The van der Waals surface area contributed by atoms with Crippen LogP contribution >= 0.6 is 0 Å². The molecule has 0 fully saturated rings. The van der Waals surface area contributed by atoms with Gasteiger partial charge in [0.2, 0.25) is 5.82 Å². The van der Waals surface area contributed by atoms with Crippen LogP contribution in [0.4, 0.5) is 24.8 Å². The van der Waals surface area contributed by atoms with Crippen LogP contribution in [0.5, 0.6) is 0 Å². The van der Waals surface area contributed by atoms with Crippen LogP contribution in [0, 0.1) is 0 Å². The molecule has 5 nitrogen and oxygen atoms in total. The lowest BCUT2D eigenvalue weighted by Crippen LogP contribution is -2.29. The van der Waals surface area contributed by atoms with Crippen LogP contribution in [0.25, 0.3) is 0 Å². The largest absolute Gasteiger partial charge is 0.451 e. The number of hydrogen-bond donors (Lipinski definition) is 2. The Balaban J connectivity index is 3.15. The van der Waals surface area contributed by atoms with Crippen molar-refractivity contribution < 1.29 is 18.3 Å². The summed E-state index contributed by atoms with van der Waals surface area (Å²) in [7, 11) is 0. The van der Waals surface area contributed by atoms with E-state index in [1.807, 2.05) is 13.8 Å². The van der Waals surface area contributed by atoms with E-state index >= 15 is 0 Å². The van der Waals surface area contributed by atoms with Gasteiger partial charge in [0.25, 0.3) is 0 Å². The third-order valence-electron chi connectivity index (χ3n) is 2.71. The molecule has 0 saturated heterocycles. The number of aliphatic hydroxyl groups is 1. The van der Waals surface area contributed by atoms with Crippen molar-refractivity contribution in [3.8, 4) is 0 Å². The summed E-state index contributed by atoms with van der Waals surface area (Å²) in [6.07, 6.45) is -3.09. The van der Waals surface area contributed by atoms with E-state index < -0.39 is 12.0 Å². The van der Waals surface area contributed by atoms with Gasteiger partial charge in [0.05, 0.1) is 6.61 Å². The van der Waals surface area contributed by atoms with Crippen LogP contribution in [0.15, 0.2) is 6.07 Å². The summed E-state index contributed by atoms with van der Waals surface area (Å²) in [6.45, 7) is 4.95. The minimum Gasteiger partial charge on any atom is -0.395 e. The number of nitrogens with one attached hydrogen (secondary N) is 1. The van der Waals surface area contributed by atoms with Crippen molar-refractivity contribution in [3.05, 3.63) is 11.9 Å². The molecule has 0 aliphatic heterocycles. The van der Waals surface area contributed by atoms with Crippen molar-refractivity contribution in [1.82, 2.24) is 9.97 Å². The topological polar surface area (TPSA) is 61.3 Å². The second-order valence-corrected chi connectivity index (χ2v) is 4.57. The van der Waals surface area contributed by atoms with E-state index in [-0.39, 0.29) is 24.8 Å². The molecule has 21 heavy (non-hydrogen) atoms. The fraction of sp³-hybridized carbons (Fsp3) is 0.692. The zero-order chi connectivity index (χ0) is 15.9. The molecule has 0 aliphatic carbocycles. The molecular weight excluding hydrogens is 285 g/mol. The molecule has 0 aliphatic rings. The number of nitrogens with zero attached hydrogens (tertiary/aromatic N) is 3. The number of aromatic nitrogens is 2. The summed E-state index contributed by atoms with van der Waals surface area (Å²) in [5.41, 5.74) is 0. The van der Waals surface area contributed by atoms with Crippen LogP contribution in [-0.2, 0) is 6.18 Å². The van der Waals surface area contributed by atoms with Gasteiger partial charge in [-0.25, -0.2) is 9.97 Å². The molecule has 1 heterocycles. The number of aliphatic hydroxyl groups excluding tert-OH is 1. The zero-order valence-electron chi connectivity index (χ0n) is 12.2. The normalized spacial score (nSPS) is 11.5. The Labute approximate surface area is 122 Å². The highest BCUT2D eigenvalue weighted by atomic mass is 19.4. The average Bonchev–Trinajstić information content (AvgIpc) is 2.43. The number of hydrogen-bond acceptors (Lipinski definition) is 5. The van der Waals surface area contributed by atoms with E-state index in [0.29, 0.717) is 13.1 Å². The lowest BCUT2D eigenvalue weighted by molar-refractivity contribution is -0.144. The van der Waals surface area contributed by atoms with Crippen molar-refractivity contribution in [2.75, 3.05) is 36.5 Å². The third kappa shape index (κ3) is 5.37. The Morgan fingerprint density at radius 2 is 1.90 bits per heavy atom. The van der Waals surface area contributed by atoms with E-state index in [9.17, 15) is 13.2 Å². The first-order valence-corrected chi connectivity index (χ1v) is 6.98. The second kappa shape index (κ2) is 8.02. The van der Waals surface area contributed by atoms with Crippen LogP contribution in [-0.4, -0.2) is 41.3 Å². The minimum atomic E-state index is -4.60. The van der Waals surface area contributed by atoms with Gasteiger partial charge in [0, 0.05) is 25.7 Å². The van der Waals surface area contributed by atoms with Gasteiger partial charge in [-0.2, -0.15) is 13.2 Å². The number of anilines is 2. The molecule has 0 radical (unpaired) electrons. The van der Waals surface area contributed by atoms with E-state index in [1.54, 1.807) is 4.90 Å². The Kier molecular flexibility index (Phi) is 6.67. The summed E-state index contributed by atoms with van der Waals surface area (Å²) < 4.78 is 38.7. The van der Waals surface area contributed by atoms with Gasteiger partial charge >= 0.3 is 6.18 Å². The summed E-state index contributed by atoms with van der Waals surface area (Å²) in [5, 5.41) is 11.9. The first-order valence-electron chi connectivity index (χ1n) is 6.98. The highest BCUT2D eigenvalue weighted by Gasteiger charge is 2.35. The molecule has 0 saturated carbocycles. The molecule has 0 spiro atoms. The first kappa shape index (κ1) is 17.5. The Morgan fingerprint density at radius 3 is 2.43 bits per heavy atom. The molecule has 0 bridgehead atoms. The van der Waals surface area contributed by atoms with E-state index in [4.69, 9.17) is 5.11 Å². The predicted octanol–water partition coefficient (Wildman–Crippen LogP) is 2.53. The molecule has 0 amide bonds. The fourth-order valence-electron chi connectivity index (χ4n) is 1.80. The molecule has 1 aromatic rings. The fourth-order valence-corrected chi connectivity index (χ4v) is 1.80. The smallest absolute Gasteiger partial charge is 0.395 e.